The Morgan fingerprint density at radius 3 is 2.43 bits per heavy atom. The van der Waals surface area contributed by atoms with Crippen molar-refractivity contribution in [1.29, 1.82) is 0 Å². The van der Waals surface area contributed by atoms with Crippen molar-refractivity contribution in [2.24, 2.45) is 4.99 Å². The molecule has 0 aliphatic carbocycles. The van der Waals surface area contributed by atoms with E-state index in [4.69, 9.17) is 26.5 Å². The van der Waals surface area contributed by atoms with E-state index in [1.807, 2.05) is 0 Å². The molecular formula is C28H35ClFN6O11PS3. The Morgan fingerprint density at radius 2 is 1.82 bits per heavy atom. The van der Waals surface area contributed by atoms with Crippen molar-refractivity contribution >= 4 is 81.7 Å². The maximum Gasteiger partial charge on any atom is 0.339 e. The number of carbonyl (C=O) groups excluding carboxylic acids is 2. The number of amides is 1. The summed E-state index contributed by atoms with van der Waals surface area (Å²) in [5.74, 6) is -2.55. The monoisotopic (exact) mass is 812 g/mol. The summed E-state index contributed by atoms with van der Waals surface area (Å²) in [4.78, 5) is 66.6. The van der Waals surface area contributed by atoms with Gasteiger partial charge in [0.25, 0.3) is 5.91 Å². The maximum atomic E-state index is 14.3. The van der Waals surface area contributed by atoms with Gasteiger partial charge in [0.2, 0.25) is 4.80 Å². The van der Waals surface area contributed by atoms with Crippen LogP contribution in [0.2, 0.25) is 5.02 Å². The standard InChI is InChI=1S/C15H15ClFN3O3S2.C10H12N2O3S.C3H8NO5P/c1-23-13(21)8-24-12-7-11(10(17)6-9(12)16)18-14-19-4-2-3-5-20(19)15(22)25-14;1-7(2)12-10(13)8-5-3-4-6-9(8)11-16(12,14)15;5-3(6)1-4-2-10(7,8)9/h6-7H,2-5,8H2,1H3;3-7,11H,1-2H3;4H,1-2H2,(H,5,6)(H2,7,8,9). The summed E-state index contributed by atoms with van der Waals surface area (Å²) in [6.45, 7) is 4.20. The van der Waals surface area contributed by atoms with Crippen molar-refractivity contribution < 1.29 is 51.4 Å². The number of methoxy groups -OCH3 is 1. The predicted octanol–water partition coefficient (Wildman–Crippen LogP) is 2.80. The second-order valence-electron chi connectivity index (χ2n) is 10.8. The molecule has 0 spiro atoms. The van der Waals surface area contributed by atoms with Gasteiger partial charge in [0.1, 0.15) is 11.5 Å². The molecule has 0 saturated carbocycles. The first-order chi connectivity index (χ1) is 23.8. The molecule has 0 saturated heterocycles. The number of benzene rings is 2. The lowest BCUT2D eigenvalue weighted by Crippen LogP contribution is -2.48. The second kappa shape index (κ2) is 18.3. The van der Waals surface area contributed by atoms with E-state index in [-0.39, 0.29) is 21.3 Å². The fourth-order valence-electron chi connectivity index (χ4n) is 4.43. The number of para-hydroxylation sites is 1. The Kier molecular flexibility index (Phi) is 15.0. The van der Waals surface area contributed by atoms with Crippen LogP contribution in [0.1, 0.15) is 37.0 Å². The first kappa shape index (κ1) is 41.9. The van der Waals surface area contributed by atoms with Gasteiger partial charge < -0.3 is 19.6 Å². The molecule has 5 rings (SSSR count). The summed E-state index contributed by atoms with van der Waals surface area (Å²) in [6.07, 6.45) is 1.30. The zero-order chi connectivity index (χ0) is 38.1. The van der Waals surface area contributed by atoms with Crippen molar-refractivity contribution in [3.8, 4) is 0 Å². The molecule has 23 heteroatoms. The summed E-state index contributed by atoms with van der Waals surface area (Å²) in [5.41, 5.74) is 0.801. The smallest absolute Gasteiger partial charge is 0.339 e. The van der Waals surface area contributed by atoms with Crippen LogP contribution >= 0.6 is 42.3 Å². The van der Waals surface area contributed by atoms with Gasteiger partial charge in [0.05, 0.1) is 42.0 Å². The molecule has 17 nitrogen and oxygen atoms in total. The molecule has 0 bridgehead atoms. The highest BCUT2D eigenvalue weighted by Gasteiger charge is 2.36. The molecular weight excluding hydrogens is 778 g/mol. The number of hydrogen-bond donors (Lipinski definition) is 5. The van der Waals surface area contributed by atoms with Crippen molar-refractivity contribution in [2.75, 3.05) is 30.4 Å². The van der Waals surface area contributed by atoms with Crippen molar-refractivity contribution in [3.05, 3.63) is 67.3 Å². The number of fused-ring (bicyclic) bond motifs is 2. The number of rotatable bonds is 9. The minimum Gasteiger partial charge on any atom is -0.480 e. The summed E-state index contributed by atoms with van der Waals surface area (Å²) in [5, 5.41) is 10.3. The zero-order valence-corrected chi connectivity index (χ0v) is 31.4. The Balaban J connectivity index is 0.000000231. The van der Waals surface area contributed by atoms with Gasteiger partial charge in [-0.05, 0) is 62.3 Å². The van der Waals surface area contributed by atoms with Crippen LogP contribution in [-0.2, 0) is 42.2 Å². The SMILES string of the molecule is CC(C)N1C(=O)c2ccccc2NS1(=O)=O.COC(=O)CSc1cc(N=c2sc(=O)n3n2CCCC3)c(F)cc1Cl.O=C(O)CNCP(=O)(O)O. The van der Waals surface area contributed by atoms with E-state index < -0.39 is 60.3 Å². The third-order valence-corrected chi connectivity index (χ3v) is 11.1. The fraction of sp³-hybridized carbons (Fsp3) is 0.393. The number of halogens is 2. The molecule has 2 aliphatic rings. The van der Waals surface area contributed by atoms with E-state index >= 15 is 0 Å². The molecule has 0 atom stereocenters. The number of thioether (sulfide) groups is 1. The van der Waals surface area contributed by atoms with Crippen LogP contribution in [0.15, 0.2) is 51.1 Å². The first-order valence-corrected chi connectivity index (χ1v) is 20.2. The molecule has 0 radical (unpaired) electrons. The van der Waals surface area contributed by atoms with Crippen LogP contribution in [0.4, 0.5) is 15.8 Å². The van der Waals surface area contributed by atoms with Gasteiger partial charge in [-0.25, -0.2) is 18.4 Å². The minimum absolute atomic E-state index is 0.0605. The number of aliphatic carboxylic acids is 1. The molecule has 0 unspecified atom stereocenters. The largest absolute Gasteiger partial charge is 0.480 e. The molecule has 0 fully saturated rings. The lowest BCUT2D eigenvalue weighted by molar-refractivity contribution is -0.137. The molecule has 3 aromatic rings. The second-order valence-corrected chi connectivity index (χ2v) is 16.3. The average Bonchev–Trinajstić information content (AvgIpc) is 3.35. The number of anilines is 1. The van der Waals surface area contributed by atoms with E-state index in [0.29, 0.717) is 34.0 Å². The molecule has 1 aromatic heterocycles. The van der Waals surface area contributed by atoms with Crippen LogP contribution in [0, 0.1) is 5.82 Å². The van der Waals surface area contributed by atoms with Crippen LogP contribution in [0.5, 0.6) is 0 Å². The summed E-state index contributed by atoms with van der Waals surface area (Å²) >= 11 is 8.17. The highest BCUT2D eigenvalue weighted by Crippen LogP contribution is 2.33. The van der Waals surface area contributed by atoms with Crippen LogP contribution < -0.4 is 19.7 Å². The molecule has 1 amide bonds. The Morgan fingerprint density at radius 1 is 1.18 bits per heavy atom. The number of carboxylic acids is 1. The van der Waals surface area contributed by atoms with Crippen molar-refractivity contribution in [3.63, 3.8) is 0 Å². The highest BCUT2D eigenvalue weighted by atomic mass is 35.5. The van der Waals surface area contributed by atoms with E-state index in [2.05, 4.69) is 19.8 Å². The van der Waals surface area contributed by atoms with Crippen LogP contribution in [0.3, 0.4) is 0 Å². The van der Waals surface area contributed by atoms with E-state index in [1.54, 1.807) is 47.5 Å². The van der Waals surface area contributed by atoms with Gasteiger partial charge in [-0.2, -0.15) is 8.42 Å². The molecule has 2 aliphatic heterocycles. The first-order valence-electron chi connectivity index (χ1n) is 14.8. The number of aromatic nitrogens is 2. The zero-order valence-electron chi connectivity index (χ0n) is 27.3. The minimum atomic E-state index is -4.10. The third-order valence-electron chi connectivity index (χ3n) is 6.60. The molecule has 51 heavy (non-hydrogen) atoms. The third kappa shape index (κ3) is 12.0. The quantitative estimate of drug-likeness (QED) is 0.119. The predicted molar refractivity (Wildman–Crippen MR) is 188 cm³/mol. The van der Waals surface area contributed by atoms with Gasteiger partial charge in [0.15, 0.2) is 0 Å². The normalized spacial score (nSPS) is 15.0. The maximum absolute atomic E-state index is 14.3. The summed E-state index contributed by atoms with van der Waals surface area (Å²) in [7, 11) is -6.55. The van der Waals surface area contributed by atoms with Gasteiger partial charge in [-0.3, -0.25) is 38.5 Å². The summed E-state index contributed by atoms with van der Waals surface area (Å²) < 4.78 is 59.1. The summed E-state index contributed by atoms with van der Waals surface area (Å²) in [6, 6.07) is 8.80. The molecule has 280 valence electrons. The number of carbonyl (C=O) groups is 3. The molecule has 5 N–H and O–H groups in total. The fourth-order valence-corrected chi connectivity index (χ4v) is 8.24. The van der Waals surface area contributed by atoms with Crippen molar-refractivity contribution in [1.82, 2.24) is 19.0 Å². The number of carboxylic acid groups (broad SMARTS) is 1. The van der Waals surface area contributed by atoms with Gasteiger partial charge in [-0.1, -0.05) is 23.7 Å². The van der Waals surface area contributed by atoms with E-state index in [1.165, 1.54) is 13.2 Å². The molecule has 3 heterocycles. The molecule has 2 aromatic carbocycles. The average molecular weight is 813 g/mol. The van der Waals surface area contributed by atoms with E-state index in [9.17, 15) is 36.6 Å². The van der Waals surface area contributed by atoms with Crippen molar-refractivity contribution in [2.45, 2.75) is 50.7 Å². The topological polar surface area (TPSA) is 239 Å². The highest BCUT2D eigenvalue weighted by molar-refractivity contribution is 8.00. The Bertz CT molecular complexity index is 2050. The van der Waals surface area contributed by atoms with Gasteiger partial charge in [-0.15, -0.1) is 11.8 Å². The number of ether oxygens (including phenoxy) is 1. The number of esters is 1. The number of nitrogens with one attached hydrogen (secondary N) is 2. The van der Waals surface area contributed by atoms with E-state index in [0.717, 1.165) is 46.3 Å². The number of hydrogen-bond acceptors (Lipinski definition) is 12. The number of nitrogens with zero attached hydrogens (tertiary/aromatic N) is 4. The lowest BCUT2D eigenvalue weighted by Gasteiger charge is -2.31. The van der Waals surface area contributed by atoms with Gasteiger partial charge >= 0.3 is 34.6 Å². The van der Waals surface area contributed by atoms with Crippen LogP contribution in [-0.4, -0.2) is 86.6 Å². The Labute approximate surface area is 304 Å². The Hall–Kier alpha value is -3.56. The van der Waals surface area contributed by atoms with Crippen LogP contribution in [0.25, 0.3) is 0 Å². The van der Waals surface area contributed by atoms with Gasteiger partial charge in [0, 0.05) is 24.0 Å². The lowest BCUT2D eigenvalue weighted by atomic mass is 10.1.